The number of hydrogen-bond donors (Lipinski definition) is 1. The third-order valence-corrected chi connectivity index (χ3v) is 4.81. The molecule has 2 aromatic carbocycles. The maximum atomic E-state index is 5.74. The van der Waals surface area contributed by atoms with E-state index in [0.29, 0.717) is 0 Å². The van der Waals surface area contributed by atoms with Crippen molar-refractivity contribution >= 4 is 21.9 Å². The van der Waals surface area contributed by atoms with E-state index in [-0.39, 0.29) is 6.10 Å². The molecule has 1 N–H and O–H groups in total. The molecular formula is C19H18N4O. The van der Waals surface area contributed by atoms with Gasteiger partial charge >= 0.3 is 0 Å². The van der Waals surface area contributed by atoms with E-state index >= 15 is 0 Å². The van der Waals surface area contributed by atoms with Crippen LogP contribution in [0.2, 0.25) is 0 Å². The zero-order valence-corrected chi connectivity index (χ0v) is 13.3. The van der Waals surface area contributed by atoms with Crippen LogP contribution < -0.4 is 0 Å². The van der Waals surface area contributed by atoms with Crippen LogP contribution in [0.1, 0.15) is 12.8 Å². The van der Waals surface area contributed by atoms with Crippen molar-refractivity contribution in [1.29, 1.82) is 0 Å². The second kappa shape index (κ2) is 5.46. The summed E-state index contributed by atoms with van der Waals surface area (Å²) < 4.78 is 7.72. The van der Waals surface area contributed by atoms with Crippen molar-refractivity contribution in [3.8, 4) is 11.1 Å². The molecule has 1 fully saturated rings. The van der Waals surface area contributed by atoms with Crippen LogP contribution in [0.25, 0.3) is 33.1 Å². The number of benzene rings is 2. The number of fused-ring (bicyclic) bond motifs is 2. The van der Waals surface area contributed by atoms with Crippen LogP contribution in [0.4, 0.5) is 0 Å². The highest BCUT2D eigenvalue weighted by Crippen LogP contribution is 2.30. The Morgan fingerprint density at radius 1 is 1.21 bits per heavy atom. The number of nitrogens with zero attached hydrogens (tertiary/aromatic N) is 3. The fourth-order valence-corrected chi connectivity index (χ4v) is 3.56. The van der Waals surface area contributed by atoms with Gasteiger partial charge in [0.05, 0.1) is 18.2 Å². The molecule has 0 spiro atoms. The first-order chi connectivity index (χ1) is 11.9. The predicted molar refractivity (Wildman–Crippen MR) is 93.8 cm³/mol. The number of para-hydroxylation sites is 1. The molecule has 1 aliphatic rings. The number of aromatic amines is 1. The smallest absolute Gasteiger partial charge is 0.113 e. The Bertz CT molecular complexity index is 1010. The van der Waals surface area contributed by atoms with Gasteiger partial charge in [0.15, 0.2) is 0 Å². The summed E-state index contributed by atoms with van der Waals surface area (Å²) in [5.41, 5.74) is 5.52. The van der Waals surface area contributed by atoms with Crippen LogP contribution in [-0.2, 0) is 11.3 Å². The molecule has 0 bridgehead atoms. The van der Waals surface area contributed by atoms with Gasteiger partial charge in [0.25, 0.3) is 0 Å². The molecule has 3 heterocycles. The minimum atomic E-state index is 0.256. The van der Waals surface area contributed by atoms with Gasteiger partial charge in [-0.25, -0.2) is 4.68 Å². The van der Waals surface area contributed by atoms with E-state index in [9.17, 15) is 0 Å². The lowest BCUT2D eigenvalue weighted by molar-refractivity contribution is 0.0946. The second-order valence-corrected chi connectivity index (χ2v) is 6.36. The lowest BCUT2D eigenvalue weighted by Gasteiger charge is -2.09. The van der Waals surface area contributed by atoms with Crippen molar-refractivity contribution in [3.63, 3.8) is 0 Å². The van der Waals surface area contributed by atoms with Crippen molar-refractivity contribution in [2.75, 3.05) is 6.61 Å². The molecule has 2 aromatic heterocycles. The van der Waals surface area contributed by atoms with Gasteiger partial charge < -0.3 is 9.72 Å². The minimum absolute atomic E-state index is 0.256. The van der Waals surface area contributed by atoms with Gasteiger partial charge in [-0.05, 0) is 36.6 Å². The number of hydrogen-bond acceptors (Lipinski definition) is 3. The SMILES string of the molecule is c1ccc2c(-c3ccc4nnn(CC5CCCO5)c4c3)c[nH]c2c1. The molecule has 5 rings (SSSR count). The molecule has 1 saturated heterocycles. The molecule has 4 aromatic rings. The van der Waals surface area contributed by atoms with Gasteiger partial charge in [-0.3, -0.25) is 0 Å². The van der Waals surface area contributed by atoms with Crippen LogP contribution in [0.3, 0.4) is 0 Å². The fourth-order valence-electron chi connectivity index (χ4n) is 3.56. The Morgan fingerprint density at radius 3 is 3.08 bits per heavy atom. The molecule has 1 aliphatic heterocycles. The fraction of sp³-hybridized carbons (Fsp3) is 0.263. The lowest BCUT2D eigenvalue weighted by Crippen LogP contribution is -2.15. The van der Waals surface area contributed by atoms with E-state index in [1.165, 1.54) is 16.5 Å². The van der Waals surface area contributed by atoms with E-state index in [4.69, 9.17) is 4.74 Å². The van der Waals surface area contributed by atoms with Crippen LogP contribution in [-0.4, -0.2) is 32.7 Å². The van der Waals surface area contributed by atoms with Crippen molar-refractivity contribution < 1.29 is 4.74 Å². The predicted octanol–water partition coefficient (Wildman–Crippen LogP) is 3.76. The highest BCUT2D eigenvalue weighted by atomic mass is 16.5. The zero-order chi connectivity index (χ0) is 15.9. The first-order valence-electron chi connectivity index (χ1n) is 8.40. The number of aromatic nitrogens is 4. The van der Waals surface area contributed by atoms with E-state index in [0.717, 1.165) is 42.5 Å². The maximum absolute atomic E-state index is 5.74. The lowest BCUT2D eigenvalue weighted by atomic mass is 10.0. The average molecular weight is 318 g/mol. The van der Waals surface area contributed by atoms with E-state index in [2.05, 4.69) is 51.8 Å². The van der Waals surface area contributed by atoms with E-state index in [1.54, 1.807) is 0 Å². The highest BCUT2D eigenvalue weighted by molar-refractivity contribution is 5.97. The average Bonchev–Trinajstić information content (AvgIpc) is 3.35. The van der Waals surface area contributed by atoms with E-state index < -0.39 is 0 Å². The van der Waals surface area contributed by atoms with Crippen molar-refractivity contribution in [3.05, 3.63) is 48.7 Å². The molecule has 0 aliphatic carbocycles. The third kappa shape index (κ3) is 2.20. The number of H-pyrrole nitrogens is 1. The summed E-state index contributed by atoms with van der Waals surface area (Å²) >= 11 is 0. The molecule has 1 atom stereocenters. The molecule has 5 heteroatoms. The summed E-state index contributed by atoms with van der Waals surface area (Å²) in [7, 11) is 0. The molecular weight excluding hydrogens is 300 g/mol. The quantitative estimate of drug-likeness (QED) is 0.626. The van der Waals surface area contributed by atoms with Crippen molar-refractivity contribution in [2.24, 2.45) is 0 Å². The Balaban J connectivity index is 1.59. The van der Waals surface area contributed by atoms with Crippen molar-refractivity contribution in [2.45, 2.75) is 25.5 Å². The Morgan fingerprint density at radius 2 is 2.17 bits per heavy atom. The van der Waals surface area contributed by atoms with Gasteiger partial charge in [-0.15, -0.1) is 5.10 Å². The first kappa shape index (κ1) is 13.7. The highest BCUT2D eigenvalue weighted by Gasteiger charge is 2.18. The van der Waals surface area contributed by atoms with Gasteiger partial charge in [0, 0.05) is 29.3 Å². The molecule has 120 valence electrons. The monoisotopic (exact) mass is 318 g/mol. The van der Waals surface area contributed by atoms with Crippen LogP contribution in [0, 0.1) is 0 Å². The van der Waals surface area contributed by atoms with Gasteiger partial charge in [0.2, 0.25) is 0 Å². The third-order valence-electron chi connectivity index (χ3n) is 4.81. The summed E-state index contributed by atoms with van der Waals surface area (Å²) in [6.07, 6.45) is 4.56. The maximum Gasteiger partial charge on any atom is 0.113 e. The number of nitrogens with one attached hydrogen (secondary N) is 1. The largest absolute Gasteiger partial charge is 0.376 e. The topological polar surface area (TPSA) is 55.7 Å². The van der Waals surface area contributed by atoms with Crippen LogP contribution >= 0.6 is 0 Å². The summed E-state index contributed by atoms with van der Waals surface area (Å²) in [4.78, 5) is 3.34. The van der Waals surface area contributed by atoms with Gasteiger partial charge in [0.1, 0.15) is 5.52 Å². The number of ether oxygens (including phenoxy) is 1. The van der Waals surface area contributed by atoms with E-state index in [1.807, 2.05) is 16.8 Å². The summed E-state index contributed by atoms with van der Waals surface area (Å²) in [6.45, 7) is 1.63. The Kier molecular flexibility index (Phi) is 3.13. The zero-order valence-electron chi connectivity index (χ0n) is 13.3. The van der Waals surface area contributed by atoms with Gasteiger partial charge in [-0.2, -0.15) is 0 Å². The Hall–Kier alpha value is -2.66. The summed E-state index contributed by atoms with van der Waals surface area (Å²) in [5, 5.41) is 9.85. The molecule has 5 nitrogen and oxygen atoms in total. The minimum Gasteiger partial charge on any atom is -0.376 e. The second-order valence-electron chi connectivity index (χ2n) is 6.36. The summed E-state index contributed by atoms with van der Waals surface area (Å²) in [5.74, 6) is 0. The first-order valence-corrected chi connectivity index (χ1v) is 8.40. The van der Waals surface area contributed by atoms with Gasteiger partial charge in [-0.1, -0.05) is 29.5 Å². The molecule has 0 radical (unpaired) electrons. The van der Waals surface area contributed by atoms with Crippen LogP contribution in [0.5, 0.6) is 0 Å². The number of rotatable bonds is 3. The standard InChI is InChI=1S/C19H18N4O/c1-2-6-17-15(5-1)16(11-20-17)13-7-8-18-19(10-13)23(22-21-18)12-14-4-3-9-24-14/h1-2,5-8,10-11,14,20H,3-4,9,12H2. The molecule has 24 heavy (non-hydrogen) atoms. The van der Waals surface area contributed by atoms with Crippen LogP contribution in [0.15, 0.2) is 48.7 Å². The molecule has 0 amide bonds. The summed E-state index contributed by atoms with van der Waals surface area (Å²) in [6, 6.07) is 14.7. The Labute approximate surface area is 139 Å². The normalized spacial score (nSPS) is 17.9. The molecule has 0 saturated carbocycles. The molecule has 1 unspecified atom stereocenters. The van der Waals surface area contributed by atoms with Crippen molar-refractivity contribution in [1.82, 2.24) is 20.0 Å².